The molecule has 0 fully saturated rings. The molecule has 24 heavy (non-hydrogen) atoms. The van der Waals surface area contributed by atoms with E-state index in [1.54, 1.807) is 0 Å². The summed E-state index contributed by atoms with van der Waals surface area (Å²) in [5.74, 6) is 2.91. The zero-order valence-corrected chi connectivity index (χ0v) is 14.7. The third kappa shape index (κ3) is 3.74. The van der Waals surface area contributed by atoms with E-state index in [0.717, 1.165) is 40.8 Å². The smallest absolute Gasteiger partial charge is 0.214 e. The summed E-state index contributed by atoms with van der Waals surface area (Å²) in [5.41, 5.74) is 2.82. The third-order valence-electron chi connectivity index (χ3n) is 3.62. The van der Waals surface area contributed by atoms with Crippen molar-refractivity contribution in [3.05, 3.63) is 58.5 Å². The van der Waals surface area contributed by atoms with Crippen molar-refractivity contribution < 1.29 is 4.42 Å². The van der Waals surface area contributed by atoms with E-state index in [1.165, 1.54) is 0 Å². The minimum atomic E-state index is 0.466. The second kappa shape index (κ2) is 7.01. The van der Waals surface area contributed by atoms with Gasteiger partial charge in [0.2, 0.25) is 5.89 Å². The van der Waals surface area contributed by atoms with Gasteiger partial charge in [-0.2, -0.15) is 0 Å². The summed E-state index contributed by atoms with van der Waals surface area (Å²) in [6.07, 6.45) is 0.872. The summed E-state index contributed by atoms with van der Waals surface area (Å²) < 4.78 is 5.89. The van der Waals surface area contributed by atoms with Crippen molar-refractivity contribution in [3.63, 3.8) is 0 Å². The van der Waals surface area contributed by atoms with Gasteiger partial charge in [-0.3, -0.25) is 0 Å². The van der Waals surface area contributed by atoms with E-state index in [0.29, 0.717) is 17.5 Å². The number of anilines is 1. The van der Waals surface area contributed by atoms with Crippen LogP contribution < -0.4 is 5.32 Å². The Bertz CT molecular complexity index is 843. The van der Waals surface area contributed by atoms with Crippen molar-refractivity contribution in [2.24, 2.45) is 0 Å². The van der Waals surface area contributed by atoms with E-state index in [2.05, 4.69) is 27.2 Å². The molecule has 0 unspecified atom stereocenters. The summed E-state index contributed by atoms with van der Waals surface area (Å²) >= 11 is 5.93. The molecule has 5 nitrogen and oxygen atoms in total. The van der Waals surface area contributed by atoms with Crippen molar-refractivity contribution >= 4 is 17.4 Å². The van der Waals surface area contributed by atoms with E-state index in [4.69, 9.17) is 16.0 Å². The third-order valence-corrected chi connectivity index (χ3v) is 3.87. The predicted octanol–water partition coefficient (Wildman–Crippen LogP) is 4.58. The lowest BCUT2D eigenvalue weighted by molar-refractivity contribution is 0.515. The fraction of sp³-hybridized carbons (Fsp3) is 0.278. The van der Waals surface area contributed by atoms with Crippen molar-refractivity contribution in [3.8, 4) is 11.3 Å². The first kappa shape index (κ1) is 16.5. The molecule has 0 saturated carbocycles. The topological polar surface area (TPSA) is 63.8 Å². The average molecular weight is 343 g/mol. The van der Waals surface area contributed by atoms with Gasteiger partial charge in [0.05, 0.1) is 12.2 Å². The highest BCUT2D eigenvalue weighted by Gasteiger charge is 2.12. The maximum atomic E-state index is 5.93. The van der Waals surface area contributed by atoms with E-state index < -0.39 is 0 Å². The van der Waals surface area contributed by atoms with Crippen LogP contribution in [0.1, 0.15) is 30.0 Å². The predicted molar refractivity (Wildman–Crippen MR) is 95.2 cm³/mol. The van der Waals surface area contributed by atoms with Gasteiger partial charge in [-0.15, -0.1) is 0 Å². The Hall–Kier alpha value is -2.40. The Balaban J connectivity index is 1.76. The number of halogens is 1. The normalized spacial score (nSPS) is 10.8. The van der Waals surface area contributed by atoms with Crippen LogP contribution in [-0.2, 0) is 13.0 Å². The number of hydrogen-bond acceptors (Lipinski definition) is 5. The van der Waals surface area contributed by atoms with Crippen molar-refractivity contribution in [2.45, 2.75) is 33.7 Å². The van der Waals surface area contributed by atoms with Gasteiger partial charge in [0.1, 0.15) is 11.6 Å². The second-order valence-electron chi connectivity index (χ2n) is 5.53. The Morgan fingerprint density at radius 3 is 2.54 bits per heavy atom. The molecule has 0 spiro atoms. The lowest BCUT2D eigenvalue weighted by Crippen LogP contribution is -2.05. The molecule has 0 aliphatic heterocycles. The Labute approximate surface area is 146 Å². The van der Waals surface area contributed by atoms with Gasteiger partial charge in [0, 0.05) is 22.3 Å². The maximum Gasteiger partial charge on any atom is 0.214 e. The monoisotopic (exact) mass is 342 g/mol. The lowest BCUT2D eigenvalue weighted by Gasteiger charge is -2.06. The summed E-state index contributed by atoms with van der Waals surface area (Å²) in [6.45, 7) is 6.36. The molecule has 1 aromatic carbocycles. The van der Waals surface area contributed by atoms with Crippen LogP contribution in [0.3, 0.4) is 0 Å². The highest BCUT2D eigenvalue weighted by molar-refractivity contribution is 6.30. The second-order valence-corrected chi connectivity index (χ2v) is 5.96. The van der Waals surface area contributed by atoms with Crippen LogP contribution in [0, 0.1) is 13.8 Å². The zero-order valence-electron chi connectivity index (χ0n) is 13.9. The number of rotatable bonds is 5. The minimum absolute atomic E-state index is 0.466. The fourth-order valence-corrected chi connectivity index (χ4v) is 2.59. The van der Waals surface area contributed by atoms with Gasteiger partial charge in [-0.25, -0.2) is 15.0 Å². The molecule has 1 N–H and O–H groups in total. The average Bonchev–Trinajstić information content (AvgIpc) is 2.94. The van der Waals surface area contributed by atoms with Crippen molar-refractivity contribution in [1.82, 2.24) is 15.0 Å². The number of aryl methyl sites for hydroxylation is 3. The van der Waals surface area contributed by atoms with Gasteiger partial charge in [0.25, 0.3) is 0 Å². The van der Waals surface area contributed by atoms with E-state index in [1.807, 2.05) is 44.2 Å². The molecule has 0 bridgehead atoms. The Morgan fingerprint density at radius 2 is 1.83 bits per heavy atom. The van der Waals surface area contributed by atoms with Gasteiger partial charge < -0.3 is 9.73 Å². The molecule has 0 amide bonds. The summed E-state index contributed by atoms with van der Waals surface area (Å²) in [7, 11) is 0. The molecule has 0 atom stereocenters. The molecule has 0 aliphatic carbocycles. The molecule has 3 rings (SSSR count). The molecular weight excluding hydrogens is 324 g/mol. The number of aromatic nitrogens is 3. The van der Waals surface area contributed by atoms with E-state index >= 15 is 0 Å². The van der Waals surface area contributed by atoms with Crippen molar-refractivity contribution in [2.75, 3.05) is 5.32 Å². The van der Waals surface area contributed by atoms with Crippen LogP contribution >= 0.6 is 11.6 Å². The first-order valence-electron chi connectivity index (χ1n) is 7.86. The highest BCUT2D eigenvalue weighted by Crippen LogP contribution is 2.26. The van der Waals surface area contributed by atoms with Gasteiger partial charge in [0.15, 0.2) is 5.76 Å². The zero-order chi connectivity index (χ0) is 17.1. The highest BCUT2D eigenvalue weighted by atomic mass is 35.5. The van der Waals surface area contributed by atoms with Crippen LogP contribution in [0.25, 0.3) is 11.3 Å². The molecule has 2 heterocycles. The number of nitrogens with one attached hydrogen (secondary N) is 1. The lowest BCUT2D eigenvalue weighted by atomic mass is 10.1. The molecule has 2 aromatic heterocycles. The van der Waals surface area contributed by atoms with Crippen molar-refractivity contribution in [1.29, 1.82) is 0 Å². The van der Waals surface area contributed by atoms with E-state index in [9.17, 15) is 0 Å². The quantitative estimate of drug-likeness (QED) is 0.735. The van der Waals surface area contributed by atoms with Gasteiger partial charge >= 0.3 is 0 Å². The SMILES string of the molecule is CCc1cc(NCc2nc(C)c(-c3ccc(Cl)cc3)o2)nc(C)n1. The largest absolute Gasteiger partial charge is 0.438 e. The van der Waals surface area contributed by atoms with Crippen LogP contribution in [-0.4, -0.2) is 15.0 Å². The molecule has 6 heteroatoms. The van der Waals surface area contributed by atoms with E-state index in [-0.39, 0.29) is 0 Å². The van der Waals surface area contributed by atoms with Gasteiger partial charge in [-0.1, -0.05) is 18.5 Å². The Morgan fingerprint density at radius 1 is 1.08 bits per heavy atom. The number of oxazole rings is 1. The molecule has 3 aromatic rings. The van der Waals surface area contributed by atoms with Crippen LogP contribution in [0.15, 0.2) is 34.7 Å². The summed E-state index contributed by atoms with van der Waals surface area (Å²) in [4.78, 5) is 13.2. The molecule has 0 saturated heterocycles. The molecule has 0 aliphatic rings. The summed E-state index contributed by atoms with van der Waals surface area (Å²) in [5, 5.41) is 3.95. The van der Waals surface area contributed by atoms with Crippen LogP contribution in [0.2, 0.25) is 5.02 Å². The van der Waals surface area contributed by atoms with Crippen LogP contribution in [0.4, 0.5) is 5.82 Å². The minimum Gasteiger partial charge on any atom is -0.438 e. The molecule has 0 radical (unpaired) electrons. The van der Waals surface area contributed by atoms with Crippen LogP contribution in [0.5, 0.6) is 0 Å². The van der Waals surface area contributed by atoms with Gasteiger partial charge in [-0.05, 0) is 44.5 Å². The standard InChI is InChI=1S/C18H19ClN4O/c1-4-15-9-16(23-12(3)22-15)20-10-17-21-11(2)18(24-17)13-5-7-14(19)8-6-13/h5-9H,4,10H2,1-3H3,(H,20,22,23). The Kier molecular flexibility index (Phi) is 4.81. The first-order chi connectivity index (χ1) is 11.5. The number of nitrogens with zero attached hydrogens (tertiary/aromatic N) is 3. The molecule has 124 valence electrons. The first-order valence-corrected chi connectivity index (χ1v) is 8.23. The number of benzene rings is 1. The maximum absolute atomic E-state index is 5.93. The molecular formula is C18H19ClN4O. The number of hydrogen-bond donors (Lipinski definition) is 1. The fourth-order valence-electron chi connectivity index (χ4n) is 2.46. The summed E-state index contributed by atoms with van der Waals surface area (Å²) in [6, 6.07) is 9.48.